The number of sulfonamides is 1. The molecule has 0 bridgehead atoms. The van der Waals surface area contributed by atoms with Crippen molar-refractivity contribution in [3.8, 4) is 0 Å². The molecular weight excluding hydrogens is 280 g/mol. The number of fused-ring (bicyclic) bond motifs is 1. The third-order valence-electron chi connectivity index (χ3n) is 2.75. The Morgan fingerprint density at radius 2 is 1.90 bits per heavy atom. The van der Waals surface area contributed by atoms with Crippen molar-refractivity contribution in [3.05, 3.63) is 48.3 Å². The summed E-state index contributed by atoms with van der Waals surface area (Å²) in [5, 5.41) is 7.25. The Hall–Kier alpha value is -2.32. The second-order valence-electron chi connectivity index (χ2n) is 4.07. The standard InChI is InChI=1S/C12H10N4O3S/c17-20(18,14-8-9-4-6-13-7-5-9)11-3-1-2-10-12(11)16-19-15-10/h1-7,14H,8H2. The highest BCUT2D eigenvalue weighted by Crippen LogP contribution is 2.19. The number of hydrogen-bond donors (Lipinski definition) is 1. The second kappa shape index (κ2) is 4.99. The van der Waals surface area contributed by atoms with Crippen molar-refractivity contribution in [1.29, 1.82) is 0 Å². The molecule has 1 aromatic carbocycles. The molecule has 20 heavy (non-hydrogen) atoms. The van der Waals surface area contributed by atoms with Crippen LogP contribution in [0.3, 0.4) is 0 Å². The van der Waals surface area contributed by atoms with Crippen LogP contribution in [-0.2, 0) is 16.6 Å². The van der Waals surface area contributed by atoms with E-state index in [2.05, 4.69) is 24.6 Å². The highest BCUT2D eigenvalue weighted by atomic mass is 32.2. The van der Waals surface area contributed by atoms with Gasteiger partial charge in [0.15, 0.2) is 5.52 Å². The quantitative estimate of drug-likeness (QED) is 0.772. The molecule has 7 nitrogen and oxygen atoms in total. The smallest absolute Gasteiger partial charge is 0.243 e. The van der Waals surface area contributed by atoms with Crippen LogP contribution in [0, 0.1) is 0 Å². The topological polar surface area (TPSA) is 98.0 Å². The van der Waals surface area contributed by atoms with Gasteiger partial charge >= 0.3 is 0 Å². The van der Waals surface area contributed by atoms with E-state index in [1.165, 1.54) is 6.07 Å². The summed E-state index contributed by atoms with van der Waals surface area (Å²) < 4.78 is 31.6. The lowest BCUT2D eigenvalue weighted by Crippen LogP contribution is -2.23. The summed E-state index contributed by atoms with van der Waals surface area (Å²) in [5.74, 6) is 0. The summed E-state index contributed by atoms with van der Waals surface area (Å²) in [6.45, 7) is 0.173. The SMILES string of the molecule is O=S(=O)(NCc1ccncc1)c1cccc2nonc12. The molecule has 0 saturated heterocycles. The molecule has 0 amide bonds. The molecule has 8 heteroatoms. The van der Waals surface area contributed by atoms with Gasteiger partial charge in [-0.1, -0.05) is 6.07 Å². The van der Waals surface area contributed by atoms with Crippen LogP contribution in [0.15, 0.2) is 52.3 Å². The summed E-state index contributed by atoms with van der Waals surface area (Å²) >= 11 is 0. The lowest BCUT2D eigenvalue weighted by molar-refractivity contribution is 0.315. The zero-order valence-corrected chi connectivity index (χ0v) is 11.0. The second-order valence-corrected chi connectivity index (χ2v) is 5.80. The predicted molar refractivity (Wildman–Crippen MR) is 70.1 cm³/mol. The molecule has 3 rings (SSSR count). The number of aromatic nitrogens is 3. The van der Waals surface area contributed by atoms with Crippen molar-refractivity contribution in [3.63, 3.8) is 0 Å². The zero-order valence-electron chi connectivity index (χ0n) is 10.2. The Balaban J connectivity index is 1.90. The van der Waals surface area contributed by atoms with Gasteiger partial charge in [-0.05, 0) is 40.1 Å². The van der Waals surface area contributed by atoms with Gasteiger partial charge in [-0.25, -0.2) is 17.8 Å². The van der Waals surface area contributed by atoms with E-state index in [1.54, 1.807) is 36.7 Å². The minimum Gasteiger partial charge on any atom is -0.265 e. The van der Waals surface area contributed by atoms with Gasteiger partial charge in [0, 0.05) is 18.9 Å². The van der Waals surface area contributed by atoms with Crippen LogP contribution < -0.4 is 4.72 Å². The highest BCUT2D eigenvalue weighted by Gasteiger charge is 2.19. The Bertz CT molecular complexity index is 830. The molecule has 0 spiro atoms. The molecule has 0 saturated carbocycles. The van der Waals surface area contributed by atoms with E-state index in [9.17, 15) is 8.42 Å². The maximum atomic E-state index is 12.3. The third kappa shape index (κ3) is 2.38. The Morgan fingerprint density at radius 1 is 1.10 bits per heavy atom. The van der Waals surface area contributed by atoms with E-state index in [4.69, 9.17) is 0 Å². The maximum Gasteiger partial charge on any atom is 0.243 e. The molecule has 0 unspecified atom stereocenters. The average molecular weight is 290 g/mol. The lowest BCUT2D eigenvalue weighted by Gasteiger charge is -2.06. The molecule has 1 N–H and O–H groups in total. The summed E-state index contributed by atoms with van der Waals surface area (Å²) in [4.78, 5) is 3.92. The zero-order chi connectivity index (χ0) is 14.0. The van der Waals surface area contributed by atoms with Gasteiger partial charge in [0.05, 0.1) is 0 Å². The molecule has 0 atom stereocenters. The number of nitrogens with one attached hydrogen (secondary N) is 1. The fourth-order valence-electron chi connectivity index (χ4n) is 1.75. The van der Waals surface area contributed by atoms with Gasteiger partial charge in [-0.3, -0.25) is 4.98 Å². The van der Waals surface area contributed by atoms with E-state index >= 15 is 0 Å². The number of hydrogen-bond acceptors (Lipinski definition) is 6. The van der Waals surface area contributed by atoms with Crippen molar-refractivity contribution in [1.82, 2.24) is 20.0 Å². The molecule has 0 aliphatic rings. The molecule has 3 aromatic rings. The summed E-state index contributed by atoms with van der Waals surface area (Å²) in [6, 6.07) is 8.16. The number of rotatable bonds is 4. The first-order chi connectivity index (χ1) is 9.67. The normalized spacial score (nSPS) is 11.8. The molecule has 102 valence electrons. The van der Waals surface area contributed by atoms with Gasteiger partial charge in [-0.2, -0.15) is 0 Å². The van der Waals surface area contributed by atoms with Gasteiger partial charge < -0.3 is 0 Å². The van der Waals surface area contributed by atoms with Crippen molar-refractivity contribution >= 4 is 21.1 Å². The van der Waals surface area contributed by atoms with E-state index in [0.29, 0.717) is 5.52 Å². The van der Waals surface area contributed by atoms with Crippen LogP contribution in [0.4, 0.5) is 0 Å². The minimum absolute atomic E-state index is 0.0466. The Morgan fingerprint density at radius 3 is 2.70 bits per heavy atom. The fourth-order valence-corrected chi connectivity index (χ4v) is 2.92. The Labute approximate surface area is 114 Å². The summed E-state index contributed by atoms with van der Waals surface area (Å²) in [6.07, 6.45) is 3.21. The van der Waals surface area contributed by atoms with Crippen LogP contribution in [0.1, 0.15) is 5.56 Å². The third-order valence-corrected chi connectivity index (χ3v) is 4.19. The molecule has 0 fully saturated rings. The van der Waals surface area contributed by atoms with Crippen LogP contribution >= 0.6 is 0 Å². The summed E-state index contributed by atoms with van der Waals surface area (Å²) in [7, 11) is -3.69. The van der Waals surface area contributed by atoms with Crippen molar-refractivity contribution < 1.29 is 13.0 Å². The average Bonchev–Trinajstić information content (AvgIpc) is 2.94. The molecule has 0 radical (unpaired) electrons. The minimum atomic E-state index is -3.69. The van der Waals surface area contributed by atoms with E-state index < -0.39 is 10.0 Å². The van der Waals surface area contributed by atoms with Gasteiger partial charge in [-0.15, -0.1) is 0 Å². The van der Waals surface area contributed by atoms with Crippen molar-refractivity contribution in [2.75, 3.05) is 0 Å². The monoisotopic (exact) mass is 290 g/mol. The van der Waals surface area contributed by atoms with E-state index in [-0.39, 0.29) is 17.0 Å². The highest BCUT2D eigenvalue weighted by molar-refractivity contribution is 7.89. The first-order valence-electron chi connectivity index (χ1n) is 5.77. The van der Waals surface area contributed by atoms with Crippen LogP contribution in [0.5, 0.6) is 0 Å². The number of benzene rings is 1. The fraction of sp³-hybridized carbons (Fsp3) is 0.0833. The largest absolute Gasteiger partial charge is 0.265 e. The molecule has 2 aromatic heterocycles. The molecule has 0 aliphatic heterocycles. The maximum absolute atomic E-state index is 12.3. The molecule has 0 aliphatic carbocycles. The Kier molecular flexibility index (Phi) is 3.17. The van der Waals surface area contributed by atoms with Gasteiger partial charge in [0.2, 0.25) is 10.0 Å². The van der Waals surface area contributed by atoms with Gasteiger partial charge in [0.25, 0.3) is 0 Å². The predicted octanol–water partition coefficient (Wildman–Crippen LogP) is 1.10. The number of nitrogens with zero attached hydrogens (tertiary/aromatic N) is 3. The van der Waals surface area contributed by atoms with Crippen LogP contribution in [0.2, 0.25) is 0 Å². The van der Waals surface area contributed by atoms with Crippen LogP contribution in [0.25, 0.3) is 11.0 Å². The first kappa shape index (κ1) is 12.7. The lowest BCUT2D eigenvalue weighted by atomic mass is 10.3. The van der Waals surface area contributed by atoms with E-state index in [0.717, 1.165) is 5.56 Å². The van der Waals surface area contributed by atoms with Gasteiger partial charge in [0.1, 0.15) is 10.4 Å². The molecule has 2 heterocycles. The van der Waals surface area contributed by atoms with Crippen molar-refractivity contribution in [2.45, 2.75) is 11.4 Å². The number of pyridine rings is 1. The first-order valence-corrected chi connectivity index (χ1v) is 7.25. The summed E-state index contributed by atoms with van der Waals surface area (Å²) in [5.41, 5.74) is 1.43. The van der Waals surface area contributed by atoms with Crippen LogP contribution in [-0.4, -0.2) is 23.7 Å². The molecular formula is C12H10N4O3S. The van der Waals surface area contributed by atoms with Crippen molar-refractivity contribution in [2.24, 2.45) is 0 Å². The van der Waals surface area contributed by atoms with E-state index in [1.807, 2.05) is 0 Å².